The standard InChI is InChI=1S/C23H27ClN2O2/c1-16-4-2-3-5-20(16)15-26-23(28)19-10-8-18(9-11-19)22(27)25-14-17-6-12-21(24)13-7-17/h2-7,12-13,18-19H,8-11,14-15H2,1H3,(H,25,27)(H,26,28). The molecule has 3 rings (SSSR count). The van der Waals surface area contributed by atoms with Crippen molar-refractivity contribution in [3.63, 3.8) is 0 Å². The third-order valence-corrected chi connectivity index (χ3v) is 5.82. The number of halogens is 1. The summed E-state index contributed by atoms with van der Waals surface area (Å²) in [5.41, 5.74) is 3.36. The van der Waals surface area contributed by atoms with Gasteiger partial charge in [0.25, 0.3) is 0 Å². The zero-order chi connectivity index (χ0) is 19.9. The van der Waals surface area contributed by atoms with Gasteiger partial charge in [0.2, 0.25) is 11.8 Å². The van der Waals surface area contributed by atoms with Gasteiger partial charge in [0, 0.05) is 29.9 Å². The quantitative estimate of drug-likeness (QED) is 0.758. The molecule has 2 amide bonds. The zero-order valence-corrected chi connectivity index (χ0v) is 17.0. The molecular weight excluding hydrogens is 372 g/mol. The monoisotopic (exact) mass is 398 g/mol. The Morgan fingerprint density at radius 3 is 1.96 bits per heavy atom. The number of aryl methyl sites for hydroxylation is 1. The van der Waals surface area contributed by atoms with E-state index in [0.29, 0.717) is 18.1 Å². The fourth-order valence-corrected chi connectivity index (χ4v) is 3.81. The minimum Gasteiger partial charge on any atom is -0.352 e. The van der Waals surface area contributed by atoms with E-state index in [9.17, 15) is 9.59 Å². The maximum Gasteiger partial charge on any atom is 0.223 e. The van der Waals surface area contributed by atoms with Gasteiger partial charge in [-0.1, -0.05) is 48.0 Å². The smallest absolute Gasteiger partial charge is 0.223 e. The number of amides is 2. The van der Waals surface area contributed by atoms with Gasteiger partial charge in [-0.3, -0.25) is 9.59 Å². The third kappa shape index (κ3) is 5.59. The molecule has 0 bridgehead atoms. The molecule has 0 aliphatic heterocycles. The maximum absolute atomic E-state index is 12.5. The molecule has 0 radical (unpaired) electrons. The van der Waals surface area contributed by atoms with E-state index in [2.05, 4.69) is 23.6 Å². The number of nitrogens with one attached hydrogen (secondary N) is 2. The van der Waals surface area contributed by atoms with Gasteiger partial charge in [-0.15, -0.1) is 0 Å². The summed E-state index contributed by atoms with van der Waals surface area (Å²) in [6.45, 7) is 3.12. The average molecular weight is 399 g/mol. The molecule has 28 heavy (non-hydrogen) atoms. The van der Waals surface area contributed by atoms with Crippen molar-refractivity contribution in [2.75, 3.05) is 0 Å². The van der Waals surface area contributed by atoms with Gasteiger partial charge in [-0.25, -0.2) is 0 Å². The fourth-order valence-electron chi connectivity index (χ4n) is 3.69. The Hall–Kier alpha value is -2.33. The Labute approximate surface area is 171 Å². The molecule has 4 nitrogen and oxygen atoms in total. The normalized spacial score (nSPS) is 19.1. The van der Waals surface area contributed by atoms with Crippen LogP contribution < -0.4 is 10.6 Å². The first-order chi connectivity index (χ1) is 13.5. The summed E-state index contributed by atoms with van der Waals surface area (Å²) in [5.74, 6) is 0.175. The summed E-state index contributed by atoms with van der Waals surface area (Å²) < 4.78 is 0. The summed E-state index contributed by atoms with van der Waals surface area (Å²) in [5, 5.41) is 6.75. The van der Waals surface area contributed by atoms with Crippen molar-refractivity contribution in [3.8, 4) is 0 Å². The first-order valence-corrected chi connectivity index (χ1v) is 10.2. The van der Waals surface area contributed by atoms with E-state index in [-0.39, 0.29) is 23.7 Å². The van der Waals surface area contributed by atoms with E-state index < -0.39 is 0 Å². The topological polar surface area (TPSA) is 58.2 Å². The lowest BCUT2D eigenvalue weighted by atomic mass is 9.81. The second kappa shape index (κ2) is 9.74. The van der Waals surface area contributed by atoms with E-state index in [0.717, 1.165) is 36.8 Å². The highest BCUT2D eigenvalue weighted by molar-refractivity contribution is 6.30. The van der Waals surface area contributed by atoms with Crippen LogP contribution in [-0.2, 0) is 22.7 Å². The molecule has 1 saturated carbocycles. The summed E-state index contributed by atoms with van der Waals surface area (Å²) in [6, 6.07) is 15.6. The SMILES string of the molecule is Cc1ccccc1CNC(=O)C1CCC(C(=O)NCc2ccc(Cl)cc2)CC1. The van der Waals surface area contributed by atoms with Gasteiger partial charge in [-0.2, -0.15) is 0 Å². The maximum atomic E-state index is 12.5. The van der Waals surface area contributed by atoms with Crippen molar-refractivity contribution in [1.82, 2.24) is 10.6 Å². The lowest BCUT2D eigenvalue weighted by molar-refractivity contribution is -0.130. The van der Waals surface area contributed by atoms with Crippen LogP contribution in [0, 0.1) is 18.8 Å². The van der Waals surface area contributed by atoms with Gasteiger partial charge >= 0.3 is 0 Å². The molecule has 0 aromatic heterocycles. The van der Waals surface area contributed by atoms with Gasteiger partial charge in [0.05, 0.1) is 0 Å². The van der Waals surface area contributed by atoms with Crippen LogP contribution in [0.4, 0.5) is 0 Å². The molecule has 0 heterocycles. The minimum absolute atomic E-state index is 0.00401. The van der Waals surface area contributed by atoms with Gasteiger partial charge in [-0.05, 0) is 61.4 Å². The second-order valence-electron chi connectivity index (χ2n) is 7.54. The van der Waals surface area contributed by atoms with Crippen LogP contribution in [0.1, 0.15) is 42.4 Å². The van der Waals surface area contributed by atoms with Gasteiger partial charge in [0.1, 0.15) is 0 Å². The number of hydrogen-bond acceptors (Lipinski definition) is 2. The van der Waals surface area contributed by atoms with Crippen molar-refractivity contribution in [1.29, 1.82) is 0 Å². The molecule has 148 valence electrons. The minimum atomic E-state index is -0.00674. The van der Waals surface area contributed by atoms with Crippen molar-refractivity contribution in [2.45, 2.75) is 45.7 Å². The largest absolute Gasteiger partial charge is 0.352 e. The zero-order valence-electron chi connectivity index (χ0n) is 16.2. The molecule has 2 aromatic rings. The highest BCUT2D eigenvalue weighted by Crippen LogP contribution is 2.29. The van der Waals surface area contributed by atoms with Crippen LogP contribution >= 0.6 is 11.6 Å². The number of benzene rings is 2. The lowest BCUT2D eigenvalue weighted by Gasteiger charge is -2.27. The number of carbonyl (C=O) groups is 2. The molecular formula is C23H27ClN2O2. The Morgan fingerprint density at radius 1 is 0.857 bits per heavy atom. The summed E-state index contributed by atoms with van der Waals surface area (Å²) >= 11 is 5.88. The molecule has 5 heteroatoms. The first kappa shape index (κ1) is 20.4. The third-order valence-electron chi connectivity index (χ3n) is 5.56. The number of carbonyl (C=O) groups excluding carboxylic acids is 2. The molecule has 2 aromatic carbocycles. The van der Waals surface area contributed by atoms with Crippen molar-refractivity contribution >= 4 is 23.4 Å². The second-order valence-corrected chi connectivity index (χ2v) is 7.97. The summed E-state index contributed by atoms with van der Waals surface area (Å²) in [4.78, 5) is 24.9. The highest BCUT2D eigenvalue weighted by Gasteiger charge is 2.29. The molecule has 0 unspecified atom stereocenters. The number of hydrogen-bond donors (Lipinski definition) is 2. The molecule has 0 saturated heterocycles. The van der Waals surface area contributed by atoms with Crippen LogP contribution in [0.5, 0.6) is 0 Å². The summed E-state index contributed by atoms with van der Waals surface area (Å²) in [6.07, 6.45) is 3.04. The molecule has 1 fully saturated rings. The van der Waals surface area contributed by atoms with Gasteiger partial charge in [0.15, 0.2) is 0 Å². The molecule has 1 aliphatic carbocycles. The van der Waals surface area contributed by atoms with Crippen LogP contribution in [-0.4, -0.2) is 11.8 Å². The molecule has 2 N–H and O–H groups in total. The summed E-state index contributed by atoms with van der Waals surface area (Å²) in [7, 11) is 0. The Bertz CT molecular complexity index is 812. The average Bonchev–Trinajstić information content (AvgIpc) is 2.72. The first-order valence-electron chi connectivity index (χ1n) is 9.87. The van der Waals surface area contributed by atoms with E-state index >= 15 is 0 Å². The van der Waals surface area contributed by atoms with Crippen LogP contribution in [0.2, 0.25) is 5.02 Å². The Morgan fingerprint density at radius 2 is 1.39 bits per heavy atom. The van der Waals surface area contributed by atoms with E-state index in [1.807, 2.05) is 42.5 Å². The van der Waals surface area contributed by atoms with Crippen molar-refractivity contribution in [3.05, 3.63) is 70.2 Å². The molecule has 1 aliphatic rings. The van der Waals surface area contributed by atoms with E-state index in [4.69, 9.17) is 11.6 Å². The number of rotatable bonds is 6. The van der Waals surface area contributed by atoms with Crippen molar-refractivity contribution < 1.29 is 9.59 Å². The molecule has 0 spiro atoms. The van der Waals surface area contributed by atoms with E-state index in [1.165, 1.54) is 5.56 Å². The lowest BCUT2D eigenvalue weighted by Crippen LogP contribution is -2.37. The highest BCUT2D eigenvalue weighted by atomic mass is 35.5. The van der Waals surface area contributed by atoms with E-state index in [1.54, 1.807) is 0 Å². The molecule has 0 atom stereocenters. The fraction of sp³-hybridized carbons (Fsp3) is 0.391. The van der Waals surface area contributed by atoms with Crippen LogP contribution in [0.25, 0.3) is 0 Å². The Balaban J connectivity index is 1.40. The Kier molecular flexibility index (Phi) is 7.10. The van der Waals surface area contributed by atoms with Crippen LogP contribution in [0.3, 0.4) is 0 Å². The van der Waals surface area contributed by atoms with Gasteiger partial charge < -0.3 is 10.6 Å². The van der Waals surface area contributed by atoms with Crippen LogP contribution in [0.15, 0.2) is 48.5 Å². The predicted octanol–water partition coefficient (Wildman–Crippen LogP) is 4.39. The predicted molar refractivity (Wildman–Crippen MR) is 112 cm³/mol. The van der Waals surface area contributed by atoms with Crippen molar-refractivity contribution in [2.24, 2.45) is 11.8 Å².